The summed E-state index contributed by atoms with van der Waals surface area (Å²) in [6.07, 6.45) is 0. The number of carbonyl (C=O) groups is 2. The van der Waals surface area contributed by atoms with Gasteiger partial charge < -0.3 is 9.73 Å². The number of benzene rings is 2. The molecule has 0 spiro atoms. The van der Waals surface area contributed by atoms with Gasteiger partial charge in [-0.2, -0.15) is 5.10 Å². The monoisotopic (exact) mass is 429 g/mol. The Morgan fingerprint density at radius 2 is 1.79 bits per heavy atom. The minimum absolute atomic E-state index is 0.180. The van der Waals surface area contributed by atoms with E-state index in [-0.39, 0.29) is 16.7 Å². The van der Waals surface area contributed by atoms with Gasteiger partial charge in [-0.25, -0.2) is 5.43 Å². The zero-order valence-electron chi connectivity index (χ0n) is 15.6. The van der Waals surface area contributed by atoms with Gasteiger partial charge in [0.25, 0.3) is 5.91 Å². The van der Waals surface area contributed by atoms with Gasteiger partial charge in [0.1, 0.15) is 5.76 Å². The highest BCUT2D eigenvalue weighted by molar-refractivity contribution is 6.37. The first kappa shape index (κ1) is 20.6. The summed E-state index contributed by atoms with van der Waals surface area (Å²) >= 11 is 11.9. The van der Waals surface area contributed by atoms with E-state index in [1.54, 1.807) is 56.3 Å². The Morgan fingerprint density at radius 3 is 2.48 bits per heavy atom. The summed E-state index contributed by atoms with van der Waals surface area (Å²) < 4.78 is 5.26. The molecule has 6 nitrogen and oxygen atoms in total. The first-order chi connectivity index (χ1) is 13.8. The van der Waals surface area contributed by atoms with Gasteiger partial charge in [0.2, 0.25) is 0 Å². The van der Waals surface area contributed by atoms with Gasteiger partial charge in [-0.1, -0.05) is 35.3 Å². The fraction of sp³-hybridized carbons (Fsp3) is 0.0952. The Labute approximate surface area is 177 Å². The summed E-state index contributed by atoms with van der Waals surface area (Å²) in [5.74, 6) is 0.0131. The molecule has 0 atom stereocenters. The molecule has 1 aromatic heterocycles. The number of hydrogen-bond acceptors (Lipinski definition) is 4. The third-order valence-corrected chi connectivity index (χ3v) is 4.55. The van der Waals surface area contributed by atoms with Gasteiger partial charge in [0.05, 0.1) is 16.3 Å². The maximum atomic E-state index is 12.5. The van der Waals surface area contributed by atoms with Gasteiger partial charge in [-0.15, -0.1) is 0 Å². The van der Waals surface area contributed by atoms with E-state index in [9.17, 15) is 9.59 Å². The van der Waals surface area contributed by atoms with Crippen molar-refractivity contribution in [2.24, 2.45) is 5.10 Å². The first-order valence-corrected chi connectivity index (χ1v) is 9.37. The lowest BCUT2D eigenvalue weighted by molar-refractivity contribution is 0.0925. The molecule has 0 aliphatic heterocycles. The van der Waals surface area contributed by atoms with Gasteiger partial charge in [0, 0.05) is 10.7 Å². The first-order valence-electron chi connectivity index (χ1n) is 8.61. The van der Waals surface area contributed by atoms with E-state index in [1.807, 2.05) is 6.07 Å². The molecule has 0 radical (unpaired) electrons. The van der Waals surface area contributed by atoms with Crippen LogP contribution in [-0.4, -0.2) is 17.5 Å². The highest BCUT2D eigenvalue weighted by Gasteiger charge is 2.12. The molecule has 2 N–H and O–H groups in total. The Balaban J connectivity index is 1.71. The molecule has 3 rings (SSSR count). The Bertz CT molecular complexity index is 1110. The molecule has 0 aliphatic carbocycles. The molecule has 1 heterocycles. The number of hydrazone groups is 1. The average molecular weight is 430 g/mol. The van der Waals surface area contributed by atoms with Crippen LogP contribution in [-0.2, 0) is 0 Å². The molecule has 0 fully saturated rings. The van der Waals surface area contributed by atoms with E-state index in [1.165, 1.54) is 6.07 Å². The summed E-state index contributed by atoms with van der Waals surface area (Å²) in [6.45, 7) is 3.49. The van der Waals surface area contributed by atoms with E-state index in [0.29, 0.717) is 27.7 Å². The Kier molecular flexibility index (Phi) is 6.36. The third kappa shape index (κ3) is 5.25. The topological polar surface area (TPSA) is 83.7 Å². The maximum absolute atomic E-state index is 12.5. The van der Waals surface area contributed by atoms with Crippen molar-refractivity contribution in [3.8, 4) is 0 Å². The van der Waals surface area contributed by atoms with Crippen molar-refractivity contribution < 1.29 is 14.0 Å². The number of furan rings is 1. The van der Waals surface area contributed by atoms with Crippen molar-refractivity contribution in [3.63, 3.8) is 0 Å². The lowest BCUT2D eigenvalue weighted by Crippen LogP contribution is -2.18. The Morgan fingerprint density at radius 1 is 1.00 bits per heavy atom. The molecule has 0 aliphatic rings. The van der Waals surface area contributed by atoms with Crippen molar-refractivity contribution in [2.75, 3.05) is 5.32 Å². The summed E-state index contributed by atoms with van der Waals surface area (Å²) in [5, 5.41) is 7.59. The zero-order chi connectivity index (χ0) is 21.0. The minimum Gasteiger partial charge on any atom is -0.456 e. The van der Waals surface area contributed by atoms with Crippen molar-refractivity contribution in [2.45, 2.75) is 13.8 Å². The van der Waals surface area contributed by atoms with Crippen LogP contribution in [0.2, 0.25) is 10.0 Å². The molecule has 148 valence electrons. The van der Waals surface area contributed by atoms with Crippen LogP contribution in [0, 0.1) is 6.92 Å². The van der Waals surface area contributed by atoms with Crippen molar-refractivity contribution in [3.05, 3.63) is 87.3 Å². The summed E-state index contributed by atoms with van der Waals surface area (Å²) in [7, 11) is 0. The molecular formula is C21H17Cl2N3O3. The number of nitrogens with one attached hydrogen (secondary N) is 2. The number of carbonyl (C=O) groups excluding carboxylic acids is 2. The number of amides is 2. The van der Waals surface area contributed by atoms with Crippen LogP contribution in [0.5, 0.6) is 0 Å². The molecule has 2 aromatic carbocycles. The second kappa shape index (κ2) is 8.94. The molecular weight excluding hydrogens is 413 g/mol. The van der Waals surface area contributed by atoms with Crippen LogP contribution in [0.1, 0.15) is 39.2 Å². The van der Waals surface area contributed by atoms with E-state index >= 15 is 0 Å². The zero-order valence-corrected chi connectivity index (χ0v) is 17.1. The molecule has 0 bridgehead atoms. The normalized spacial score (nSPS) is 11.2. The van der Waals surface area contributed by atoms with Crippen LogP contribution in [0.15, 0.2) is 64.1 Å². The van der Waals surface area contributed by atoms with E-state index in [0.717, 1.165) is 5.56 Å². The van der Waals surface area contributed by atoms with Gasteiger partial charge in [-0.05, 0) is 61.9 Å². The lowest BCUT2D eigenvalue weighted by Gasteiger charge is -2.09. The quantitative estimate of drug-likeness (QED) is 0.426. The smallest absolute Gasteiger partial charge is 0.307 e. The standard InChI is InChI=1S/C21H17Cl2N3O3/c1-12-6-9-19(29-12)21(28)26-25-13(2)14-4-3-5-16(10-14)24-20(27)17-8-7-15(22)11-18(17)23/h3-11H,1-2H3,(H,24,27)(H,26,28). The second-order valence-electron chi connectivity index (χ2n) is 6.21. The van der Waals surface area contributed by atoms with Gasteiger partial charge in [0.15, 0.2) is 5.76 Å². The van der Waals surface area contributed by atoms with E-state index in [2.05, 4.69) is 15.8 Å². The lowest BCUT2D eigenvalue weighted by atomic mass is 10.1. The van der Waals surface area contributed by atoms with E-state index < -0.39 is 5.91 Å². The summed E-state index contributed by atoms with van der Waals surface area (Å²) in [4.78, 5) is 24.5. The molecule has 0 unspecified atom stereocenters. The number of halogens is 2. The fourth-order valence-corrected chi connectivity index (χ4v) is 3.00. The van der Waals surface area contributed by atoms with Crippen molar-refractivity contribution in [1.82, 2.24) is 5.43 Å². The average Bonchev–Trinajstić information content (AvgIpc) is 3.12. The number of nitrogens with zero attached hydrogens (tertiary/aromatic N) is 1. The second-order valence-corrected chi connectivity index (χ2v) is 7.05. The molecule has 29 heavy (non-hydrogen) atoms. The number of hydrogen-bond donors (Lipinski definition) is 2. The van der Waals surface area contributed by atoms with Crippen LogP contribution in [0.25, 0.3) is 0 Å². The molecule has 3 aromatic rings. The van der Waals surface area contributed by atoms with Crippen LogP contribution in [0.3, 0.4) is 0 Å². The molecule has 0 saturated heterocycles. The SMILES string of the molecule is CC(=NNC(=O)c1ccc(C)o1)c1cccc(NC(=O)c2ccc(Cl)cc2Cl)c1. The minimum atomic E-state index is -0.445. The van der Waals surface area contributed by atoms with Gasteiger partial charge >= 0.3 is 5.91 Å². The maximum Gasteiger partial charge on any atom is 0.307 e. The van der Waals surface area contributed by atoms with Crippen molar-refractivity contribution in [1.29, 1.82) is 0 Å². The van der Waals surface area contributed by atoms with Gasteiger partial charge in [-0.3, -0.25) is 9.59 Å². The summed E-state index contributed by atoms with van der Waals surface area (Å²) in [5.41, 5.74) is 4.60. The number of anilines is 1. The Hall–Kier alpha value is -3.09. The third-order valence-electron chi connectivity index (χ3n) is 4.00. The molecule has 2 amide bonds. The summed E-state index contributed by atoms with van der Waals surface area (Å²) in [6, 6.07) is 15.0. The highest BCUT2D eigenvalue weighted by atomic mass is 35.5. The highest BCUT2D eigenvalue weighted by Crippen LogP contribution is 2.22. The van der Waals surface area contributed by atoms with Crippen LogP contribution >= 0.6 is 23.2 Å². The largest absolute Gasteiger partial charge is 0.456 e. The van der Waals surface area contributed by atoms with Crippen molar-refractivity contribution >= 4 is 46.4 Å². The predicted molar refractivity (Wildman–Crippen MR) is 114 cm³/mol. The fourth-order valence-electron chi connectivity index (χ4n) is 2.50. The van der Waals surface area contributed by atoms with Crippen LogP contribution < -0.4 is 10.7 Å². The molecule has 8 heteroatoms. The number of rotatable bonds is 5. The predicted octanol–water partition coefficient (Wildman–Crippen LogP) is 5.30. The van der Waals surface area contributed by atoms with E-state index in [4.69, 9.17) is 27.6 Å². The number of aryl methyl sites for hydroxylation is 1. The molecule has 0 saturated carbocycles. The van der Waals surface area contributed by atoms with Crippen LogP contribution in [0.4, 0.5) is 5.69 Å².